The molecule has 2 unspecified atom stereocenters. The summed E-state index contributed by atoms with van der Waals surface area (Å²) in [6, 6.07) is 0. The van der Waals surface area contributed by atoms with E-state index >= 15 is 0 Å². The van der Waals surface area contributed by atoms with Gasteiger partial charge in [-0.15, -0.1) is 0 Å². The van der Waals surface area contributed by atoms with Crippen molar-refractivity contribution in [2.24, 2.45) is 11.8 Å². The summed E-state index contributed by atoms with van der Waals surface area (Å²) in [6.45, 7) is 0.497. The smallest absolute Gasteiger partial charge is 0.416 e. The molecule has 0 aliphatic carbocycles. The van der Waals surface area contributed by atoms with Crippen LogP contribution in [0.2, 0.25) is 0 Å². The highest BCUT2D eigenvalue weighted by atomic mass is 16.6. The van der Waals surface area contributed by atoms with Crippen molar-refractivity contribution < 1.29 is 34.1 Å². The quantitative estimate of drug-likeness (QED) is 0.682. The molecular weight excluding hydrogens is 284 g/mol. The predicted octanol–water partition coefficient (Wildman–Crippen LogP) is -0.927. The summed E-state index contributed by atoms with van der Waals surface area (Å²) in [4.78, 5) is 47.9. The van der Waals surface area contributed by atoms with E-state index < -0.39 is 35.8 Å². The van der Waals surface area contributed by atoms with Gasteiger partial charge in [-0.3, -0.25) is 19.3 Å². The van der Waals surface area contributed by atoms with Crippen LogP contribution < -0.4 is 0 Å². The van der Waals surface area contributed by atoms with Gasteiger partial charge < -0.3 is 14.9 Å². The number of amides is 2. The van der Waals surface area contributed by atoms with E-state index in [0.717, 1.165) is 4.90 Å². The lowest BCUT2D eigenvalue weighted by atomic mass is 9.85. The number of likely N-dealkylation sites (tertiary alicyclic amines) is 1. The molecule has 0 saturated carbocycles. The van der Waals surface area contributed by atoms with Crippen LogP contribution in [0.5, 0.6) is 0 Å². The van der Waals surface area contributed by atoms with Crippen LogP contribution in [0.1, 0.15) is 6.42 Å². The van der Waals surface area contributed by atoms with Crippen LogP contribution in [0.4, 0.5) is 4.79 Å². The second-order valence-corrected chi connectivity index (χ2v) is 5.07. The summed E-state index contributed by atoms with van der Waals surface area (Å²) in [7, 11) is 0. The molecule has 9 heteroatoms. The van der Waals surface area contributed by atoms with E-state index in [9.17, 15) is 19.2 Å². The van der Waals surface area contributed by atoms with Crippen molar-refractivity contribution in [3.63, 3.8) is 0 Å². The molecule has 9 nitrogen and oxygen atoms in total. The minimum absolute atomic E-state index is 0.0269. The van der Waals surface area contributed by atoms with Gasteiger partial charge in [-0.05, 0) is 13.0 Å². The Morgan fingerprint density at radius 1 is 1.14 bits per heavy atom. The summed E-state index contributed by atoms with van der Waals surface area (Å²) < 4.78 is 4.66. The van der Waals surface area contributed by atoms with Gasteiger partial charge in [0.2, 0.25) is 5.91 Å². The minimum Gasteiger partial charge on any atom is -0.481 e. The molecule has 0 aromatic heterocycles. The topological polar surface area (TPSA) is 124 Å². The van der Waals surface area contributed by atoms with Gasteiger partial charge in [0.05, 0.1) is 24.9 Å². The van der Waals surface area contributed by atoms with Crippen LogP contribution >= 0.6 is 0 Å². The number of carbonyl (C=O) groups is 4. The first-order valence-corrected chi connectivity index (χ1v) is 6.55. The van der Waals surface area contributed by atoms with Crippen LogP contribution in [0, 0.1) is 11.8 Å². The van der Waals surface area contributed by atoms with Gasteiger partial charge >= 0.3 is 18.0 Å². The summed E-state index contributed by atoms with van der Waals surface area (Å²) in [5.41, 5.74) is 0. The third-order valence-electron chi connectivity index (χ3n) is 3.75. The first kappa shape index (κ1) is 15.2. The Morgan fingerprint density at radius 2 is 1.81 bits per heavy atom. The number of hydrogen-bond donors (Lipinski definition) is 2. The maximum absolute atomic E-state index is 11.9. The third kappa shape index (κ3) is 3.30. The monoisotopic (exact) mass is 300 g/mol. The number of carboxylic acid groups (broad SMARTS) is 2. The van der Waals surface area contributed by atoms with Gasteiger partial charge in [-0.25, -0.2) is 9.69 Å². The number of aliphatic carboxylic acids is 2. The van der Waals surface area contributed by atoms with E-state index in [4.69, 9.17) is 10.2 Å². The first-order valence-electron chi connectivity index (χ1n) is 6.55. The fourth-order valence-electron chi connectivity index (χ4n) is 2.61. The van der Waals surface area contributed by atoms with Gasteiger partial charge in [0, 0.05) is 6.54 Å². The molecule has 2 saturated heterocycles. The lowest BCUT2D eigenvalue weighted by Crippen LogP contribution is -2.50. The maximum atomic E-state index is 11.9. The van der Waals surface area contributed by atoms with E-state index in [0.29, 0.717) is 6.54 Å². The minimum atomic E-state index is -1.19. The number of nitrogens with zero attached hydrogens (tertiary/aromatic N) is 2. The highest BCUT2D eigenvalue weighted by Gasteiger charge is 2.40. The van der Waals surface area contributed by atoms with Crippen molar-refractivity contribution >= 4 is 23.9 Å². The molecule has 0 bridgehead atoms. The van der Waals surface area contributed by atoms with E-state index in [2.05, 4.69) is 4.74 Å². The Balaban J connectivity index is 1.96. The molecule has 2 atom stereocenters. The van der Waals surface area contributed by atoms with Crippen molar-refractivity contribution in [3.8, 4) is 0 Å². The molecule has 2 rings (SSSR count). The zero-order valence-corrected chi connectivity index (χ0v) is 11.2. The molecule has 21 heavy (non-hydrogen) atoms. The zero-order valence-electron chi connectivity index (χ0n) is 11.2. The Bertz CT molecular complexity index is 478. The van der Waals surface area contributed by atoms with Crippen LogP contribution in [-0.4, -0.2) is 76.7 Å². The number of hydrogen-bond acceptors (Lipinski definition) is 6. The van der Waals surface area contributed by atoms with Crippen molar-refractivity contribution in [1.29, 1.82) is 0 Å². The molecule has 0 aromatic carbocycles. The Kier molecular flexibility index (Phi) is 4.41. The fourth-order valence-corrected chi connectivity index (χ4v) is 2.61. The van der Waals surface area contributed by atoms with E-state index in [1.54, 1.807) is 4.90 Å². The highest BCUT2D eigenvalue weighted by molar-refractivity contribution is 5.94. The molecule has 116 valence electrons. The van der Waals surface area contributed by atoms with Crippen molar-refractivity contribution in [1.82, 2.24) is 9.80 Å². The fraction of sp³-hybridized carbons (Fsp3) is 0.667. The number of rotatable bonds is 4. The standard InChI is InChI=1S/C12H16N2O7/c15-9(14-3-4-21-12(14)20)6-13-2-1-7(10(16)17)8(5-13)11(18)19/h7-8H,1-6H2,(H,16,17)(H,18,19). The summed E-state index contributed by atoms with van der Waals surface area (Å²) in [6.07, 6.45) is -0.542. The second kappa shape index (κ2) is 6.08. The number of cyclic esters (lactones) is 1. The number of carbonyl (C=O) groups excluding carboxylic acids is 2. The zero-order chi connectivity index (χ0) is 15.6. The van der Waals surface area contributed by atoms with Crippen LogP contribution in [-0.2, 0) is 19.1 Å². The number of piperidine rings is 1. The summed E-state index contributed by atoms with van der Waals surface area (Å²) in [5.74, 6) is -4.81. The van der Waals surface area contributed by atoms with E-state index in [-0.39, 0.29) is 32.7 Å². The van der Waals surface area contributed by atoms with Gasteiger partial charge in [-0.2, -0.15) is 0 Å². The van der Waals surface area contributed by atoms with Crippen LogP contribution in [0.25, 0.3) is 0 Å². The predicted molar refractivity (Wildman–Crippen MR) is 66.4 cm³/mol. The molecule has 0 radical (unpaired) electrons. The van der Waals surface area contributed by atoms with Crippen LogP contribution in [0.3, 0.4) is 0 Å². The third-order valence-corrected chi connectivity index (χ3v) is 3.75. The Labute approximate surface area is 120 Å². The largest absolute Gasteiger partial charge is 0.481 e. The summed E-state index contributed by atoms with van der Waals surface area (Å²) >= 11 is 0. The molecule has 2 aliphatic heterocycles. The normalized spacial score (nSPS) is 26.5. The van der Waals surface area contributed by atoms with Gasteiger partial charge in [0.1, 0.15) is 6.61 Å². The molecule has 2 heterocycles. The van der Waals surface area contributed by atoms with Crippen molar-refractivity contribution in [2.45, 2.75) is 6.42 Å². The molecule has 2 amide bonds. The van der Waals surface area contributed by atoms with Crippen molar-refractivity contribution in [3.05, 3.63) is 0 Å². The van der Waals surface area contributed by atoms with Gasteiger partial charge in [0.25, 0.3) is 0 Å². The van der Waals surface area contributed by atoms with E-state index in [1.807, 2.05) is 0 Å². The van der Waals surface area contributed by atoms with E-state index in [1.165, 1.54) is 0 Å². The average molecular weight is 300 g/mol. The van der Waals surface area contributed by atoms with Gasteiger partial charge in [-0.1, -0.05) is 0 Å². The molecule has 2 N–H and O–H groups in total. The molecule has 0 spiro atoms. The lowest BCUT2D eigenvalue weighted by Gasteiger charge is -2.34. The van der Waals surface area contributed by atoms with Crippen LogP contribution in [0.15, 0.2) is 0 Å². The Hall–Kier alpha value is -2.16. The molecule has 0 aromatic rings. The molecule has 2 aliphatic rings. The average Bonchev–Trinajstić information content (AvgIpc) is 2.84. The number of ether oxygens (including phenoxy) is 1. The summed E-state index contributed by atoms with van der Waals surface area (Å²) in [5, 5.41) is 18.1. The number of imide groups is 1. The SMILES string of the molecule is O=C(O)C1CCN(CC(=O)N2CCOC2=O)CC1C(=O)O. The van der Waals surface area contributed by atoms with Crippen molar-refractivity contribution in [2.75, 3.05) is 32.8 Å². The molecular formula is C12H16N2O7. The lowest BCUT2D eigenvalue weighted by molar-refractivity contribution is -0.157. The highest BCUT2D eigenvalue weighted by Crippen LogP contribution is 2.24. The maximum Gasteiger partial charge on any atom is 0.416 e. The first-order chi connectivity index (χ1) is 9.90. The number of carboxylic acids is 2. The van der Waals surface area contributed by atoms with Gasteiger partial charge in [0.15, 0.2) is 0 Å². The Morgan fingerprint density at radius 3 is 2.33 bits per heavy atom. The molecule has 2 fully saturated rings. The second-order valence-electron chi connectivity index (χ2n) is 5.07.